The molecule has 0 bridgehead atoms. The van der Waals surface area contributed by atoms with E-state index in [-0.39, 0.29) is 30.6 Å². The largest absolute Gasteiger partial charge is 0.471 e. The fraction of sp³-hybridized carbons (Fsp3) is 0.188. The van der Waals surface area contributed by atoms with Crippen molar-refractivity contribution in [1.29, 1.82) is 0 Å². The third-order valence-corrected chi connectivity index (χ3v) is 3.73. The van der Waals surface area contributed by atoms with Gasteiger partial charge in [-0.25, -0.2) is 4.68 Å². The molecule has 0 spiro atoms. The molecule has 1 aromatic carbocycles. The van der Waals surface area contributed by atoms with E-state index in [0.29, 0.717) is 16.5 Å². The minimum atomic E-state index is -0.541. The number of rotatable bonds is 7. The molecule has 0 unspecified atom stereocenters. The molecular formula is C16H15ClN6O4. The van der Waals surface area contributed by atoms with Crippen molar-refractivity contribution in [3.8, 4) is 5.75 Å². The quantitative estimate of drug-likeness (QED) is 0.489. The number of carbonyl (C=O) groups excluding carboxylic acids is 1. The highest BCUT2D eigenvalue weighted by Crippen LogP contribution is 2.18. The number of aryl methyl sites for hydroxylation is 1. The van der Waals surface area contributed by atoms with Gasteiger partial charge >= 0.3 is 5.69 Å². The van der Waals surface area contributed by atoms with Crippen molar-refractivity contribution >= 4 is 28.9 Å². The fourth-order valence-electron chi connectivity index (χ4n) is 2.31. The van der Waals surface area contributed by atoms with Gasteiger partial charge in [0.25, 0.3) is 0 Å². The Bertz CT molecular complexity index is 983. The van der Waals surface area contributed by atoms with E-state index >= 15 is 0 Å². The molecule has 3 aromatic rings. The van der Waals surface area contributed by atoms with Crippen molar-refractivity contribution in [2.24, 2.45) is 0 Å². The van der Waals surface area contributed by atoms with E-state index in [9.17, 15) is 14.9 Å². The molecular weight excluding hydrogens is 376 g/mol. The zero-order chi connectivity index (χ0) is 19.4. The number of hydrogen-bond donors (Lipinski definition) is 1. The smallest absolute Gasteiger partial charge is 0.309 e. The second kappa shape index (κ2) is 7.87. The van der Waals surface area contributed by atoms with Crippen molar-refractivity contribution in [2.75, 3.05) is 5.32 Å². The molecule has 11 heteroatoms. The van der Waals surface area contributed by atoms with E-state index in [1.54, 1.807) is 30.5 Å². The summed E-state index contributed by atoms with van der Waals surface area (Å²) in [4.78, 5) is 22.4. The molecule has 2 aromatic heterocycles. The normalized spacial score (nSPS) is 10.6. The number of amides is 1. The van der Waals surface area contributed by atoms with Crippen LogP contribution in [0, 0.1) is 17.0 Å². The van der Waals surface area contributed by atoms with Gasteiger partial charge in [-0.3, -0.25) is 19.6 Å². The predicted molar refractivity (Wildman–Crippen MR) is 96.6 cm³/mol. The first kappa shape index (κ1) is 18.4. The van der Waals surface area contributed by atoms with E-state index in [1.807, 2.05) is 0 Å². The van der Waals surface area contributed by atoms with E-state index in [2.05, 4.69) is 15.5 Å². The van der Waals surface area contributed by atoms with Crippen LogP contribution < -0.4 is 10.1 Å². The maximum absolute atomic E-state index is 12.1. The number of nitrogens with one attached hydrogen (secondary N) is 1. The summed E-state index contributed by atoms with van der Waals surface area (Å²) in [6, 6.07) is 6.96. The molecule has 1 N–H and O–H groups in total. The third-order valence-electron chi connectivity index (χ3n) is 3.50. The lowest BCUT2D eigenvalue weighted by Gasteiger charge is -2.06. The molecule has 27 heavy (non-hydrogen) atoms. The lowest BCUT2D eigenvalue weighted by Crippen LogP contribution is -2.18. The van der Waals surface area contributed by atoms with Crippen molar-refractivity contribution in [2.45, 2.75) is 20.2 Å². The number of nitrogens with zero attached hydrogens (tertiary/aromatic N) is 5. The Labute approximate surface area is 158 Å². The average Bonchev–Trinajstić information content (AvgIpc) is 3.19. The molecule has 3 rings (SSSR count). The van der Waals surface area contributed by atoms with Gasteiger partial charge in [-0.15, -0.1) is 0 Å². The summed E-state index contributed by atoms with van der Waals surface area (Å²) < 4.78 is 8.27. The number of hydrogen-bond acceptors (Lipinski definition) is 6. The van der Waals surface area contributed by atoms with Crippen LogP contribution in [0.25, 0.3) is 0 Å². The Morgan fingerprint density at radius 1 is 1.37 bits per heavy atom. The van der Waals surface area contributed by atoms with Gasteiger partial charge in [0, 0.05) is 5.02 Å². The van der Waals surface area contributed by atoms with Gasteiger partial charge in [0.2, 0.25) is 5.91 Å². The van der Waals surface area contributed by atoms with Crippen molar-refractivity contribution in [3.05, 3.63) is 63.7 Å². The number of halogens is 1. The topological polar surface area (TPSA) is 117 Å². The maximum Gasteiger partial charge on any atom is 0.309 e. The van der Waals surface area contributed by atoms with Crippen LogP contribution in [0.1, 0.15) is 5.69 Å². The van der Waals surface area contributed by atoms with Crippen LogP contribution in [0.4, 0.5) is 11.4 Å². The van der Waals surface area contributed by atoms with Gasteiger partial charge in [0.05, 0.1) is 23.0 Å². The lowest BCUT2D eigenvalue weighted by molar-refractivity contribution is -0.385. The number of nitro groups is 1. The number of benzene rings is 1. The van der Waals surface area contributed by atoms with E-state index in [1.165, 1.54) is 28.7 Å². The highest BCUT2D eigenvalue weighted by molar-refractivity contribution is 6.30. The molecule has 2 heterocycles. The van der Waals surface area contributed by atoms with Gasteiger partial charge in [0.1, 0.15) is 24.2 Å². The Morgan fingerprint density at radius 2 is 2.19 bits per heavy atom. The highest BCUT2D eigenvalue weighted by Gasteiger charge is 2.16. The molecule has 0 fully saturated rings. The molecule has 0 aliphatic heterocycles. The molecule has 0 aliphatic rings. The zero-order valence-corrected chi connectivity index (χ0v) is 15.0. The molecule has 0 radical (unpaired) electrons. The van der Waals surface area contributed by atoms with Crippen LogP contribution in [0.3, 0.4) is 0 Å². The van der Waals surface area contributed by atoms with Gasteiger partial charge < -0.3 is 10.1 Å². The van der Waals surface area contributed by atoms with Crippen LogP contribution in [0.5, 0.6) is 5.75 Å². The third kappa shape index (κ3) is 4.82. The zero-order valence-electron chi connectivity index (χ0n) is 14.2. The van der Waals surface area contributed by atoms with Gasteiger partial charge in [-0.2, -0.15) is 10.2 Å². The summed E-state index contributed by atoms with van der Waals surface area (Å²) in [5, 5.41) is 22.1. The predicted octanol–water partition coefficient (Wildman–Crippen LogP) is 2.62. The molecule has 0 atom stereocenters. The molecule has 0 saturated carbocycles. The van der Waals surface area contributed by atoms with Gasteiger partial charge in [-0.1, -0.05) is 17.7 Å². The number of anilines is 1. The first-order valence-corrected chi connectivity index (χ1v) is 8.17. The maximum atomic E-state index is 12.1. The molecule has 0 aliphatic carbocycles. The Balaban J connectivity index is 1.54. The Kier molecular flexibility index (Phi) is 5.36. The second-order valence-corrected chi connectivity index (χ2v) is 6.04. The minimum Gasteiger partial charge on any atom is -0.471 e. The van der Waals surface area contributed by atoms with E-state index < -0.39 is 4.92 Å². The summed E-state index contributed by atoms with van der Waals surface area (Å²) in [5.41, 5.74) is 0.584. The SMILES string of the molecule is Cc1nn(CC(=O)Nc2cnn(COc3cccc(Cl)c3)c2)cc1[N+](=O)[O-]. The Morgan fingerprint density at radius 3 is 2.89 bits per heavy atom. The lowest BCUT2D eigenvalue weighted by atomic mass is 10.3. The van der Waals surface area contributed by atoms with Gasteiger partial charge in [-0.05, 0) is 25.1 Å². The first-order chi connectivity index (χ1) is 12.9. The van der Waals surface area contributed by atoms with Crippen molar-refractivity contribution in [3.63, 3.8) is 0 Å². The van der Waals surface area contributed by atoms with Crippen molar-refractivity contribution < 1.29 is 14.5 Å². The summed E-state index contributed by atoms with van der Waals surface area (Å²) in [5.74, 6) is 0.210. The summed E-state index contributed by atoms with van der Waals surface area (Å²) in [6.45, 7) is 1.50. The number of aromatic nitrogens is 4. The highest BCUT2D eigenvalue weighted by atomic mass is 35.5. The molecule has 0 saturated heterocycles. The summed E-state index contributed by atoms with van der Waals surface area (Å²) in [7, 11) is 0. The summed E-state index contributed by atoms with van der Waals surface area (Å²) in [6.07, 6.45) is 4.28. The molecule has 10 nitrogen and oxygen atoms in total. The van der Waals surface area contributed by atoms with E-state index in [4.69, 9.17) is 16.3 Å². The summed E-state index contributed by atoms with van der Waals surface area (Å²) >= 11 is 5.89. The minimum absolute atomic E-state index is 0.131. The number of ether oxygens (including phenoxy) is 1. The van der Waals surface area contributed by atoms with Crippen LogP contribution in [0.2, 0.25) is 5.02 Å². The Hall–Kier alpha value is -3.40. The number of carbonyl (C=O) groups is 1. The fourth-order valence-corrected chi connectivity index (χ4v) is 2.49. The van der Waals surface area contributed by atoms with Crippen LogP contribution in [-0.2, 0) is 18.1 Å². The van der Waals surface area contributed by atoms with Crippen LogP contribution in [-0.4, -0.2) is 30.4 Å². The van der Waals surface area contributed by atoms with Crippen LogP contribution in [0.15, 0.2) is 42.9 Å². The van der Waals surface area contributed by atoms with Crippen molar-refractivity contribution in [1.82, 2.24) is 19.6 Å². The molecule has 140 valence electrons. The first-order valence-electron chi connectivity index (χ1n) is 7.80. The monoisotopic (exact) mass is 390 g/mol. The standard InChI is InChI=1S/C16H15ClN6O4/c1-11-15(23(25)26)8-21(20-11)9-16(24)19-13-6-18-22(7-13)10-27-14-4-2-3-12(17)5-14/h2-8H,9-10H2,1H3,(H,19,24). The van der Waals surface area contributed by atoms with Crippen LogP contribution >= 0.6 is 11.6 Å². The average molecular weight is 391 g/mol. The second-order valence-electron chi connectivity index (χ2n) is 5.60. The van der Waals surface area contributed by atoms with Gasteiger partial charge in [0.15, 0.2) is 6.73 Å². The molecule has 1 amide bonds. The van der Waals surface area contributed by atoms with E-state index in [0.717, 1.165) is 0 Å².